The van der Waals surface area contributed by atoms with Crippen molar-refractivity contribution in [3.05, 3.63) is 60.2 Å². The molecule has 2 aromatic carbocycles. The maximum atomic E-state index is 12.4. The molecule has 0 aliphatic rings. The molecule has 0 saturated heterocycles. The van der Waals surface area contributed by atoms with Gasteiger partial charge in [-0.25, -0.2) is 17.9 Å². The first kappa shape index (κ1) is 17.5. The van der Waals surface area contributed by atoms with Crippen molar-refractivity contribution in [2.45, 2.75) is 18.2 Å². The van der Waals surface area contributed by atoms with Gasteiger partial charge in [0.15, 0.2) is 0 Å². The minimum atomic E-state index is -3.98. The highest BCUT2D eigenvalue weighted by atomic mass is 32.2. The first-order valence-electron chi connectivity index (χ1n) is 7.27. The molecular formula is C17H17N3O3S. The van der Waals surface area contributed by atoms with Crippen molar-refractivity contribution in [1.29, 1.82) is 5.26 Å². The molecule has 0 aliphatic carbocycles. The molecule has 0 aromatic heterocycles. The van der Waals surface area contributed by atoms with E-state index in [0.29, 0.717) is 5.69 Å². The lowest BCUT2D eigenvalue weighted by Gasteiger charge is -2.22. The number of carbonyl (C=O) groups excluding carboxylic acids is 1. The van der Waals surface area contributed by atoms with Gasteiger partial charge in [0.25, 0.3) is 10.0 Å². The van der Waals surface area contributed by atoms with Crippen LogP contribution in [0.15, 0.2) is 59.5 Å². The standard InChI is InChI=1S/C17H17N3O3S/c1-14-8-10-16(11-9-14)24(22,23)19-17(21)20(13-5-12-18)15-6-3-2-4-7-15/h2-4,6-11H,5,13H2,1H3,(H,19,21). The number of benzene rings is 2. The van der Waals surface area contributed by atoms with Crippen molar-refractivity contribution in [3.63, 3.8) is 0 Å². The second kappa shape index (κ2) is 7.62. The fraction of sp³-hybridized carbons (Fsp3) is 0.176. The topological polar surface area (TPSA) is 90.3 Å². The lowest BCUT2D eigenvalue weighted by atomic mass is 10.2. The molecule has 24 heavy (non-hydrogen) atoms. The molecule has 0 atom stereocenters. The Labute approximate surface area is 141 Å². The van der Waals surface area contributed by atoms with E-state index >= 15 is 0 Å². The molecule has 0 heterocycles. The summed E-state index contributed by atoms with van der Waals surface area (Å²) in [5.74, 6) is 0. The Morgan fingerprint density at radius 2 is 1.75 bits per heavy atom. The molecule has 2 aromatic rings. The smallest absolute Gasteiger partial charge is 0.293 e. The zero-order valence-electron chi connectivity index (χ0n) is 13.1. The number of anilines is 1. The molecule has 0 fully saturated rings. The van der Waals surface area contributed by atoms with Gasteiger partial charge in [0.05, 0.1) is 17.4 Å². The normalized spacial score (nSPS) is 10.7. The van der Waals surface area contributed by atoms with Crippen LogP contribution in [0.3, 0.4) is 0 Å². The number of urea groups is 1. The van der Waals surface area contributed by atoms with Gasteiger partial charge in [-0.2, -0.15) is 5.26 Å². The van der Waals surface area contributed by atoms with Crippen LogP contribution in [-0.4, -0.2) is 21.0 Å². The van der Waals surface area contributed by atoms with E-state index in [-0.39, 0.29) is 17.9 Å². The van der Waals surface area contributed by atoms with E-state index in [1.807, 2.05) is 17.7 Å². The quantitative estimate of drug-likeness (QED) is 0.904. The van der Waals surface area contributed by atoms with Crippen molar-refractivity contribution < 1.29 is 13.2 Å². The number of aryl methyl sites for hydroxylation is 1. The van der Waals surface area contributed by atoms with Gasteiger partial charge >= 0.3 is 6.03 Å². The van der Waals surface area contributed by atoms with E-state index in [0.717, 1.165) is 5.56 Å². The Kier molecular flexibility index (Phi) is 5.55. The van der Waals surface area contributed by atoms with E-state index in [4.69, 9.17) is 5.26 Å². The van der Waals surface area contributed by atoms with Gasteiger partial charge in [0.1, 0.15) is 0 Å². The highest BCUT2D eigenvalue weighted by molar-refractivity contribution is 7.90. The Bertz CT molecular complexity index is 841. The lowest BCUT2D eigenvalue weighted by Crippen LogP contribution is -2.43. The molecule has 0 radical (unpaired) electrons. The number of amides is 2. The number of nitriles is 1. The highest BCUT2D eigenvalue weighted by Gasteiger charge is 2.22. The molecule has 0 spiro atoms. The molecule has 6 nitrogen and oxygen atoms in total. The number of rotatable bonds is 5. The maximum absolute atomic E-state index is 12.4. The molecule has 0 bridgehead atoms. The average molecular weight is 343 g/mol. The van der Waals surface area contributed by atoms with Crippen LogP contribution in [0, 0.1) is 18.3 Å². The third-order valence-electron chi connectivity index (χ3n) is 3.31. The Balaban J connectivity index is 2.23. The number of para-hydroxylation sites is 1. The first-order chi connectivity index (χ1) is 11.4. The van der Waals surface area contributed by atoms with Crippen molar-refractivity contribution in [3.8, 4) is 6.07 Å². The largest absolute Gasteiger partial charge is 0.335 e. The van der Waals surface area contributed by atoms with Crippen LogP contribution in [0.4, 0.5) is 10.5 Å². The van der Waals surface area contributed by atoms with E-state index in [1.165, 1.54) is 17.0 Å². The molecule has 0 unspecified atom stereocenters. The fourth-order valence-electron chi connectivity index (χ4n) is 2.06. The number of nitrogens with zero attached hydrogens (tertiary/aromatic N) is 2. The van der Waals surface area contributed by atoms with Crippen molar-refractivity contribution >= 4 is 21.7 Å². The third-order valence-corrected chi connectivity index (χ3v) is 4.65. The zero-order chi connectivity index (χ0) is 17.6. The van der Waals surface area contributed by atoms with Gasteiger partial charge in [0.2, 0.25) is 0 Å². The van der Waals surface area contributed by atoms with Crippen LogP contribution in [0.5, 0.6) is 0 Å². The van der Waals surface area contributed by atoms with Crippen LogP contribution in [0.2, 0.25) is 0 Å². The molecule has 1 N–H and O–H groups in total. The summed E-state index contributed by atoms with van der Waals surface area (Å²) in [5, 5.41) is 8.75. The minimum absolute atomic E-state index is 0.00902. The van der Waals surface area contributed by atoms with Gasteiger partial charge in [-0.1, -0.05) is 35.9 Å². The van der Waals surface area contributed by atoms with Crippen LogP contribution in [0.1, 0.15) is 12.0 Å². The summed E-state index contributed by atoms with van der Waals surface area (Å²) in [6, 6.07) is 15.9. The van der Waals surface area contributed by atoms with Gasteiger partial charge in [0, 0.05) is 12.2 Å². The Hall–Kier alpha value is -2.85. The van der Waals surface area contributed by atoms with E-state index in [9.17, 15) is 13.2 Å². The number of hydrogen-bond donors (Lipinski definition) is 1. The van der Waals surface area contributed by atoms with Crippen molar-refractivity contribution in [1.82, 2.24) is 4.72 Å². The van der Waals surface area contributed by atoms with E-state index in [2.05, 4.69) is 0 Å². The Morgan fingerprint density at radius 3 is 2.33 bits per heavy atom. The monoisotopic (exact) mass is 343 g/mol. The Morgan fingerprint density at radius 1 is 1.12 bits per heavy atom. The van der Waals surface area contributed by atoms with Crippen LogP contribution in [0.25, 0.3) is 0 Å². The number of hydrogen-bond acceptors (Lipinski definition) is 4. The number of carbonyl (C=O) groups is 1. The summed E-state index contributed by atoms with van der Waals surface area (Å²) >= 11 is 0. The van der Waals surface area contributed by atoms with Crippen LogP contribution < -0.4 is 9.62 Å². The van der Waals surface area contributed by atoms with E-state index < -0.39 is 16.1 Å². The van der Waals surface area contributed by atoms with Gasteiger partial charge < -0.3 is 0 Å². The SMILES string of the molecule is Cc1ccc(S(=O)(=O)NC(=O)N(CCC#N)c2ccccc2)cc1. The summed E-state index contributed by atoms with van der Waals surface area (Å²) in [4.78, 5) is 13.7. The molecular weight excluding hydrogens is 326 g/mol. The maximum Gasteiger partial charge on any atom is 0.335 e. The second-order valence-corrected chi connectivity index (χ2v) is 6.80. The van der Waals surface area contributed by atoms with Crippen molar-refractivity contribution in [2.75, 3.05) is 11.4 Å². The average Bonchev–Trinajstić information content (AvgIpc) is 2.56. The fourth-order valence-corrected chi connectivity index (χ4v) is 3.02. The summed E-state index contributed by atoms with van der Waals surface area (Å²) in [6.45, 7) is 1.93. The molecule has 0 aliphatic heterocycles. The molecule has 2 amide bonds. The predicted octanol–water partition coefficient (Wildman–Crippen LogP) is 2.81. The van der Waals surface area contributed by atoms with E-state index in [1.54, 1.807) is 42.5 Å². The number of nitrogens with one attached hydrogen (secondary N) is 1. The molecule has 0 saturated carbocycles. The van der Waals surface area contributed by atoms with Crippen LogP contribution in [-0.2, 0) is 10.0 Å². The number of sulfonamides is 1. The van der Waals surface area contributed by atoms with Crippen molar-refractivity contribution in [2.24, 2.45) is 0 Å². The zero-order valence-corrected chi connectivity index (χ0v) is 14.0. The summed E-state index contributed by atoms with van der Waals surface area (Å²) in [5.41, 5.74) is 1.43. The second-order valence-electron chi connectivity index (χ2n) is 5.12. The van der Waals surface area contributed by atoms with Crippen LogP contribution >= 0.6 is 0 Å². The summed E-state index contributed by atoms with van der Waals surface area (Å²) in [7, 11) is -3.98. The molecule has 7 heteroatoms. The molecule has 2 rings (SSSR count). The summed E-state index contributed by atoms with van der Waals surface area (Å²) < 4.78 is 26.7. The summed E-state index contributed by atoms with van der Waals surface area (Å²) in [6.07, 6.45) is 0.0902. The van der Waals surface area contributed by atoms with Gasteiger partial charge in [-0.3, -0.25) is 4.90 Å². The van der Waals surface area contributed by atoms with Gasteiger partial charge in [-0.15, -0.1) is 0 Å². The molecule has 124 valence electrons. The highest BCUT2D eigenvalue weighted by Crippen LogP contribution is 2.16. The first-order valence-corrected chi connectivity index (χ1v) is 8.75. The third kappa shape index (κ3) is 4.33. The predicted molar refractivity (Wildman–Crippen MR) is 90.9 cm³/mol. The van der Waals surface area contributed by atoms with Gasteiger partial charge in [-0.05, 0) is 31.2 Å². The minimum Gasteiger partial charge on any atom is -0.293 e. The lowest BCUT2D eigenvalue weighted by molar-refractivity contribution is 0.251.